The molecule has 0 saturated carbocycles. The summed E-state index contributed by atoms with van der Waals surface area (Å²) in [6.07, 6.45) is 2.05. The van der Waals surface area contributed by atoms with Gasteiger partial charge in [0.15, 0.2) is 0 Å². The average Bonchev–Trinajstić information content (AvgIpc) is 2.43. The van der Waals surface area contributed by atoms with Crippen LogP contribution in [0, 0.1) is 11.3 Å². The maximum Gasteiger partial charge on any atom is 0.103 e. The summed E-state index contributed by atoms with van der Waals surface area (Å²) in [7, 11) is 1.69. The Morgan fingerprint density at radius 3 is 2.58 bits per heavy atom. The second-order valence-electron chi connectivity index (χ2n) is 4.40. The number of benzene rings is 1. The number of halogens is 1. The van der Waals surface area contributed by atoms with E-state index in [1.54, 1.807) is 13.2 Å². The fourth-order valence-electron chi connectivity index (χ4n) is 2.28. The molecular formula is C15H21ClN2O. The molecule has 4 heteroatoms. The third-order valence-corrected chi connectivity index (χ3v) is 3.65. The number of nitrogens with zero attached hydrogens (tertiary/aromatic N) is 2. The van der Waals surface area contributed by atoms with Gasteiger partial charge in [0.1, 0.15) is 6.07 Å². The van der Waals surface area contributed by atoms with Crippen LogP contribution in [0.15, 0.2) is 18.2 Å². The summed E-state index contributed by atoms with van der Waals surface area (Å²) >= 11 is 6.12. The quantitative estimate of drug-likeness (QED) is 0.761. The van der Waals surface area contributed by atoms with Crippen molar-refractivity contribution in [3.8, 4) is 6.07 Å². The summed E-state index contributed by atoms with van der Waals surface area (Å²) < 4.78 is 5.18. The Labute approximate surface area is 120 Å². The zero-order chi connectivity index (χ0) is 14.3. The third-order valence-electron chi connectivity index (χ3n) is 3.33. The molecule has 3 nitrogen and oxygen atoms in total. The van der Waals surface area contributed by atoms with Crippen LogP contribution in [0.25, 0.3) is 0 Å². The van der Waals surface area contributed by atoms with Crippen LogP contribution in [0.5, 0.6) is 0 Å². The van der Waals surface area contributed by atoms with Crippen molar-refractivity contribution in [3.05, 3.63) is 28.8 Å². The van der Waals surface area contributed by atoms with Gasteiger partial charge >= 0.3 is 0 Å². The Morgan fingerprint density at radius 2 is 2.05 bits per heavy atom. The van der Waals surface area contributed by atoms with Gasteiger partial charge in [-0.1, -0.05) is 31.5 Å². The van der Waals surface area contributed by atoms with Crippen LogP contribution < -0.4 is 4.90 Å². The molecule has 0 saturated heterocycles. The molecule has 0 unspecified atom stereocenters. The van der Waals surface area contributed by atoms with Crippen LogP contribution in [0.1, 0.15) is 32.3 Å². The first-order valence-electron chi connectivity index (χ1n) is 6.63. The normalized spacial score (nSPS) is 10.5. The van der Waals surface area contributed by atoms with Crippen molar-refractivity contribution in [1.82, 2.24) is 0 Å². The Kier molecular flexibility index (Phi) is 6.69. The molecule has 0 aliphatic rings. The zero-order valence-electron chi connectivity index (χ0n) is 11.8. The first kappa shape index (κ1) is 15.8. The molecule has 0 aromatic heterocycles. The predicted octanol–water partition coefficient (Wildman–Crippen LogP) is 3.85. The van der Waals surface area contributed by atoms with E-state index in [1.807, 2.05) is 12.1 Å². The second kappa shape index (κ2) is 8.04. The van der Waals surface area contributed by atoms with Crippen molar-refractivity contribution >= 4 is 17.3 Å². The predicted molar refractivity (Wildman–Crippen MR) is 79.8 cm³/mol. The fourth-order valence-corrected chi connectivity index (χ4v) is 2.49. The molecular weight excluding hydrogens is 260 g/mol. The highest BCUT2D eigenvalue weighted by Crippen LogP contribution is 2.29. The molecule has 0 bridgehead atoms. The number of hydrogen-bond acceptors (Lipinski definition) is 3. The molecule has 0 spiro atoms. The third kappa shape index (κ3) is 3.86. The topological polar surface area (TPSA) is 36.3 Å². The van der Waals surface area contributed by atoms with Gasteiger partial charge in [0.25, 0.3) is 0 Å². The fraction of sp³-hybridized carbons (Fsp3) is 0.533. The smallest absolute Gasteiger partial charge is 0.103 e. The molecule has 0 aliphatic carbocycles. The van der Waals surface area contributed by atoms with Gasteiger partial charge in [0.2, 0.25) is 0 Å². The zero-order valence-corrected chi connectivity index (χ0v) is 12.6. The van der Waals surface area contributed by atoms with Crippen molar-refractivity contribution in [3.63, 3.8) is 0 Å². The molecule has 104 valence electrons. The largest absolute Gasteiger partial charge is 0.383 e. The lowest BCUT2D eigenvalue weighted by Crippen LogP contribution is -2.37. The van der Waals surface area contributed by atoms with Gasteiger partial charge in [-0.25, -0.2) is 0 Å². The van der Waals surface area contributed by atoms with Crippen molar-refractivity contribution in [1.29, 1.82) is 5.26 Å². The average molecular weight is 281 g/mol. The standard InChI is InChI=1S/C15H21ClN2O/c1-4-12(5-2)18(9-10-19-3)15-8-6-7-14(16)13(15)11-17/h6-8,12H,4-5,9-10H2,1-3H3. The van der Waals surface area contributed by atoms with Crippen LogP contribution in [0.2, 0.25) is 5.02 Å². The molecule has 0 radical (unpaired) electrons. The van der Waals surface area contributed by atoms with E-state index < -0.39 is 0 Å². The second-order valence-corrected chi connectivity index (χ2v) is 4.81. The molecule has 0 N–H and O–H groups in total. The summed E-state index contributed by atoms with van der Waals surface area (Å²) in [5, 5.41) is 9.82. The molecule has 0 amide bonds. The molecule has 19 heavy (non-hydrogen) atoms. The first-order chi connectivity index (χ1) is 9.19. The number of anilines is 1. The van der Waals surface area contributed by atoms with Gasteiger partial charge in [-0.15, -0.1) is 0 Å². The highest BCUT2D eigenvalue weighted by Gasteiger charge is 2.19. The van der Waals surface area contributed by atoms with Crippen molar-refractivity contribution in [2.75, 3.05) is 25.2 Å². The van der Waals surface area contributed by atoms with Crippen LogP contribution in [0.4, 0.5) is 5.69 Å². The Morgan fingerprint density at radius 1 is 1.37 bits per heavy atom. The minimum Gasteiger partial charge on any atom is -0.383 e. The number of rotatable bonds is 7. The monoisotopic (exact) mass is 280 g/mol. The number of hydrogen-bond donors (Lipinski definition) is 0. The molecule has 1 aromatic rings. The highest BCUT2D eigenvalue weighted by atomic mass is 35.5. The highest BCUT2D eigenvalue weighted by molar-refractivity contribution is 6.32. The van der Waals surface area contributed by atoms with Crippen LogP contribution in [-0.4, -0.2) is 26.3 Å². The van der Waals surface area contributed by atoms with Crippen LogP contribution >= 0.6 is 11.6 Å². The SMILES string of the molecule is CCC(CC)N(CCOC)c1cccc(Cl)c1C#N. The van der Waals surface area contributed by atoms with Gasteiger partial charge in [0.05, 0.1) is 22.9 Å². The van der Waals surface area contributed by atoms with Gasteiger partial charge in [0, 0.05) is 19.7 Å². The van der Waals surface area contributed by atoms with Gasteiger partial charge in [-0.05, 0) is 25.0 Å². The van der Waals surface area contributed by atoms with E-state index in [0.29, 0.717) is 23.2 Å². The van der Waals surface area contributed by atoms with E-state index in [2.05, 4.69) is 24.8 Å². The molecule has 0 heterocycles. The van der Waals surface area contributed by atoms with E-state index in [4.69, 9.17) is 16.3 Å². The summed E-state index contributed by atoms with van der Waals surface area (Å²) in [6.45, 7) is 5.71. The summed E-state index contributed by atoms with van der Waals surface area (Å²) in [5.41, 5.74) is 1.45. The van der Waals surface area contributed by atoms with Crippen LogP contribution in [0.3, 0.4) is 0 Å². The maximum absolute atomic E-state index is 9.31. The Balaban J connectivity index is 3.17. The van der Waals surface area contributed by atoms with Gasteiger partial charge in [-0.3, -0.25) is 0 Å². The van der Waals surface area contributed by atoms with E-state index >= 15 is 0 Å². The van der Waals surface area contributed by atoms with E-state index in [9.17, 15) is 5.26 Å². The van der Waals surface area contributed by atoms with Gasteiger partial charge < -0.3 is 9.64 Å². The van der Waals surface area contributed by atoms with Crippen LogP contribution in [-0.2, 0) is 4.74 Å². The first-order valence-corrected chi connectivity index (χ1v) is 7.01. The Bertz CT molecular complexity index is 438. The lowest BCUT2D eigenvalue weighted by atomic mass is 10.1. The van der Waals surface area contributed by atoms with E-state index in [-0.39, 0.29) is 0 Å². The van der Waals surface area contributed by atoms with Crippen molar-refractivity contribution in [2.24, 2.45) is 0 Å². The lowest BCUT2D eigenvalue weighted by molar-refractivity contribution is 0.202. The summed E-state index contributed by atoms with van der Waals surface area (Å²) in [4.78, 5) is 2.23. The molecule has 1 rings (SSSR count). The number of nitriles is 1. The molecule has 0 aliphatic heterocycles. The van der Waals surface area contributed by atoms with E-state index in [0.717, 1.165) is 25.1 Å². The van der Waals surface area contributed by atoms with Crippen molar-refractivity contribution < 1.29 is 4.74 Å². The molecule has 0 fully saturated rings. The van der Waals surface area contributed by atoms with Crippen molar-refractivity contribution in [2.45, 2.75) is 32.7 Å². The molecule has 0 atom stereocenters. The van der Waals surface area contributed by atoms with E-state index in [1.165, 1.54) is 0 Å². The summed E-state index contributed by atoms with van der Waals surface area (Å²) in [5.74, 6) is 0. The number of methoxy groups -OCH3 is 1. The maximum atomic E-state index is 9.31. The summed E-state index contributed by atoms with van der Waals surface area (Å²) in [6, 6.07) is 8.20. The lowest BCUT2D eigenvalue weighted by Gasteiger charge is -2.33. The number of ether oxygens (including phenoxy) is 1. The molecule has 1 aromatic carbocycles. The van der Waals surface area contributed by atoms with Gasteiger partial charge in [-0.2, -0.15) is 5.26 Å². The minimum absolute atomic E-state index is 0.390. The minimum atomic E-state index is 0.390. The Hall–Kier alpha value is -1.24.